The topological polar surface area (TPSA) is 69.7 Å². The summed E-state index contributed by atoms with van der Waals surface area (Å²) in [6.07, 6.45) is 0. The van der Waals surface area contributed by atoms with Crippen LogP contribution in [-0.2, 0) is 9.53 Å². The summed E-state index contributed by atoms with van der Waals surface area (Å²) in [5.74, 6) is -1.27. The summed E-state index contributed by atoms with van der Waals surface area (Å²) in [7, 11) is 1.24. The molecular weight excluding hydrogens is 304 g/mol. The predicted molar refractivity (Wildman–Crippen MR) is 67.2 cm³/mol. The van der Waals surface area contributed by atoms with Gasteiger partial charge >= 0.3 is 11.9 Å². The van der Waals surface area contributed by atoms with E-state index in [1.165, 1.54) is 32.2 Å². The Bertz CT molecular complexity index is 495. The van der Waals surface area contributed by atoms with Crippen molar-refractivity contribution in [2.45, 2.75) is 6.92 Å². The molecule has 18 heavy (non-hydrogen) atoms. The summed E-state index contributed by atoms with van der Waals surface area (Å²) < 4.78 is 9.46. The summed E-state index contributed by atoms with van der Waals surface area (Å²) in [6, 6.07) is 4.16. The van der Waals surface area contributed by atoms with Crippen LogP contribution in [0.15, 0.2) is 18.2 Å². The first-order valence-corrected chi connectivity index (χ1v) is 6.11. The van der Waals surface area contributed by atoms with Gasteiger partial charge in [0.05, 0.1) is 23.6 Å². The average Bonchev–Trinajstić information content (AvgIpc) is 2.36. The third kappa shape index (κ3) is 3.40. The van der Waals surface area contributed by atoms with Crippen molar-refractivity contribution in [2.75, 3.05) is 12.4 Å². The van der Waals surface area contributed by atoms with Crippen LogP contribution >= 0.6 is 15.9 Å². The minimum Gasteiger partial charge on any atom is -0.465 e. The van der Waals surface area contributed by atoms with Crippen LogP contribution in [0, 0.1) is 0 Å². The molecule has 6 heteroatoms. The first-order valence-electron chi connectivity index (χ1n) is 4.99. The molecule has 0 atom stereocenters. The molecule has 0 aromatic heterocycles. The second-order valence-electron chi connectivity index (χ2n) is 3.35. The molecule has 0 radical (unpaired) electrons. The molecular formula is C12H11BrO5. The first kappa shape index (κ1) is 14.4. The number of esters is 2. The van der Waals surface area contributed by atoms with Crippen molar-refractivity contribution in [3.63, 3.8) is 0 Å². The maximum Gasteiger partial charge on any atom is 0.337 e. The van der Waals surface area contributed by atoms with Crippen LogP contribution in [0.5, 0.6) is 5.75 Å². The van der Waals surface area contributed by atoms with Gasteiger partial charge in [-0.2, -0.15) is 0 Å². The molecule has 0 saturated carbocycles. The van der Waals surface area contributed by atoms with Crippen molar-refractivity contribution >= 4 is 33.7 Å². The first-order chi connectivity index (χ1) is 8.49. The molecule has 0 fully saturated rings. The van der Waals surface area contributed by atoms with E-state index in [-0.39, 0.29) is 28.0 Å². The smallest absolute Gasteiger partial charge is 0.337 e. The Morgan fingerprint density at radius 1 is 1.28 bits per heavy atom. The minimum atomic E-state index is -0.562. The van der Waals surface area contributed by atoms with Crippen LogP contribution in [0.25, 0.3) is 0 Å². The second-order valence-corrected chi connectivity index (χ2v) is 3.91. The summed E-state index contributed by atoms with van der Waals surface area (Å²) in [5, 5.41) is 0.0614. The van der Waals surface area contributed by atoms with Gasteiger partial charge in [0.2, 0.25) is 0 Å². The fraction of sp³-hybridized carbons (Fsp3) is 0.250. The molecule has 96 valence electrons. The molecule has 0 spiro atoms. The number of hydrogen-bond donors (Lipinski definition) is 0. The van der Waals surface area contributed by atoms with Crippen LogP contribution in [0.3, 0.4) is 0 Å². The van der Waals surface area contributed by atoms with Gasteiger partial charge in [0.15, 0.2) is 5.78 Å². The number of Topliss-reactive ketones (excluding diaryl/α,β-unsaturated/α-hetero) is 1. The number of hydrogen-bond acceptors (Lipinski definition) is 5. The molecule has 0 aliphatic rings. The Kier molecular flexibility index (Phi) is 5.03. The zero-order valence-electron chi connectivity index (χ0n) is 9.86. The Hall–Kier alpha value is -1.69. The van der Waals surface area contributed by atoms with Gasteiger partial charge in [0.1, 0.15) is 5.75 Å². The Morgan fingerprint density at radius 3 is 2.44 bits per heavy atom. The van der Waals surface area contributed by atoms with Gasteiger partial charge < -0.3 is 9.47 Å². The minimum absolute atomic E-state index is 0.0614. The van der Waals surface area contributed by atoms with E-state index in [9.17, 15) is 14.4 Å². The van der Waals surface area contributed by atoms with Gasteiger partial charge in [-0.1, -0.05) is 15.9 Å². The molecule has 0 aliphatic heterocycles. The highest BCUT2D eigenvalue weighted by molar-refractivity contribution is 9.09. The summed E-state index contributed by atoms with van der Waals surface area (Å²) in [6.45, 7) is 1.23. The highest BCUT2D eigenvalue weighted by Gasteiger charge is 2.16. The molecule has 0 heterocycles. The number of halogens is 1. The fourth-order valence-electron chi connectivity index (χ4n) is 1.31. The molecule has 1 aromatic rings. The molecule has 1 rings (SSSR count). The van der Waals surface area contributed by atoms with Crippen LogP contribution < -0.4 is 4.74 Å². The molecule has 1 aromatic carbocycles. The number of ether oxygens (including phenoxy) is 2. The summed E-state index contributed by atoms with van der Waals surface area (Å²) >= 11 is 3.02. The Morgan fingerprint density at radius 2 is 1.94 bits per heavy atom. The van der Waals surface area contributed by atoms with Gasteiger partial charge in [-0.25, -0.2) is 4.79 Å². The van der Waals surface area contributed by atoms with Crippen molar-refractivity contribution < 1.29 is 23.9 Å². The van der Waals surface area contributed by atoms with Crippen LogP contribution in [0.1, 0.15) is 27.6 Å². The van der Waals surface area contributed by atoms with Gasteiger partial charge in [-0.05, 0) is 18.2 Å². The van der Waals surface area contributed by atoms with Crippen molar-refractivity contribution in [2.24, 2.45) is 0 Å². The van der Waals surface area contributed by atoms with Crippen molar-refractivity contribution in [3.05, 3.63) is 29.3 Å². The molecule has 0 N–H and O–H groups in total. The van der Waals surface area contributed by atoms with E-state index in [1.807, 2.05) is 0 Å². The number of methoxy groups -OCH3 is 1. The van der Waals surface area contributed by atoms with E-state index in [4.69, 9.17) is 4.74 Å². The molecule has 0 aliphatic carbocycles. The van der Waals surface area contributed by atoms with Gasteiger partial charge in [0, 0.05) is 6.92 Å². The van der Waals surface area contributed by atoms with Crippen molar-refractivity contribution in [1.82, 2.24) is 0 Å². The second kappa shape index (κ2) is 6.30. The van der Waals surface area contributed by atoms with E-state index in [0.717, 1.165) is 0 Å². The van der Waals surface area contributed by atoms with Gasteiger partial charge in [-0.3, -0.25) is 9.59 Å². The van der Waals surface area contributed by atoms with Crippen LogP contribution in [-0.4, -0.2) is 30.2 Å². The highest BCUT2D eigenvalue weighted by Crippen LogP contribution is 2.22. The third-order valence-electron chi connectivity index (χ3n) is 2.08. The zero-order chi connectivity index (χ0) is 13.7. The molecule has 0 saturated heterocycles. The lowest BCUT2D eigenvalue weighted by molar-refractivity contribution is -0.131. The van der Waals surface area contributed by atoms with E-state index in [1.54, 1.807) is 0 Å². The number of benzene rings is 1. The third-order valence-corrected chi connectivity index (χ3v) is 2.59. The van der Waals surface area contributed by atoms with Crippen LogP contribution in [0.4, 0.5) is 0 Å². The largest absolute Gasteiger partial charge is 0.465 e. The molecule has 0 unspecified atom stereocenters. The van der Waals surface area contributed by atoms with E-state index < -0.39 is 11.9 Å². The molecule has 0 bridgehead atoms. The van der Waals surface area contributed by atoms with E-state index in [2.05, 4.69) is 20.7 Å². The molecule has 5 nitrogen and oxygen atoms in total. The zero-order valence-corrected chi connectivity index (χ0v) is 11.4. The van der Waals surface area contributed by atoms with Gasteiger partial charge in [-0.15, -0.1) is 0 Å². The Labute approximate surface area is 112 Å². The summed E-state index contributed by atoms with van der Waals surface area (Å²) in [4.78, 5) is 34.0. The lowest BCUT2D eigenvalue weighted by Crippen LogP contribution is -2.11. The SMILES string of the molecule is COC(=O)c1ccc(OC(C)=O)c(C(=O)CBr)c1. The maximum atomic E-state index is 11.7. The number of rotatable bonds is 4. The molecule has 0 amide bonds. The highest BCUT2D eigenvalue weighted by atomic mass is 79.9. The normalized spacial score (nSPS) is 9.72. The summed E-state index contributed by atoms with van der Waals surface area (Å²) in [5.41, 5.74) is 0.377. The number of alkyl halides is 1. The quantitative estimate of drug-likeness (QED) is 0.368. The average molecular weight is 315 g/mol. The monoisotopic (exact) mass is 314 g/mol. The number of carbonyl (C=O) groups excluding carboxylic acids is 3. The fourth-order valence-corrected chi connectivity index (χ4v) is 1.61. The Balaban J connectivity index is 3.24. The standard InChI is InChI=1S/C12H11BrO5/c1-7(14)18-11-4-3-8(12(16)17-2)5-9(11)10(15)6-13/h3-5H,6H2,1-2H3. The number of ketones is 1. The lowest BCUT2D eigenvalue weighted by Gasteiger charge is -2.08. The van der Waals surface area contributed by atoms with E-state index in [0.29, 0.717) is 0 Å². The predicted octanol–water partition coefficient (Wildman–Crippen LogP) is 1.98. The maximum absolute atomic E-state index is 11.7. The number of carbonyl (C=O) groups is 3. The van der Waals surface area contributed by atoms with Crippen molar-refractivity contribution in [3.8, 4) is 5.75 Å². The van der Waals surface area contributed by atoms with Gasteiger partial charge in [0.25, 0.3) is 0 Å². The van der Waals surface area contributed by atoms with E-state index >= 15 is 0 Å². The van der Waals surface area contributed by atoms with Crippen molar-refractivity contribution in [1.29, 1.82) is 0 Å². The van der Waals surface area contributed by atoms with Crippen LogP contribution in [0.2, 0.25) is 0 Å². The lowest BCUT2D eigenvalue weighted by atomic mass is 10.1.